The summed E-state index contributed by atoms with van der Waals surface area (Å²) in [6, 6.07) is 8.22. The molecule has 34 heavy (non-hydrogen) atoms. The number of nitrogens with one attached hydrogen (secondary N) is 2. The molecule has 0 amide bonds. The van der Waals surface area contributed by atoms with Crippen LogP contribution in [0.1, 0.15) is 37.0 Å². The van der Waals surface area contributed by atoms with Crippen LogP contribution in [0.3, 0.4) is 0 Å². The molecule has 3 rings (SSSR count). The number of allylic oxidation sites excluding steroid dienone is 1. The predicted molar refractivity (Wildman–Crippen MR) is 142 cm³/mol. The summed E-state index contributed by atoms with van der Waals surface area (Å²) in [4.78, 5) is 9.23. The van der Waals surface area contributed by atoms with Gasteiger partial charge in [-0.25, -0.2) is 9.67 Å². The van der Waals surface area contributed by atoms with Crippen LogP contribution in [0.25, 0.3) is 5.70 Å². The largest absolute Gasteiger partial charge is 0.383 e. The van der Waals surface area contributed by atoms with Crippen molar-refractivity contribution in [3.63, 3.8) is 0 Å². The third-order valence-electron chi connectivity index (χ3n) is 6.00. The molecule has 8 nitrogen and oxygen atoms in total. The second kappa shape index (κ2) is 11.9. The first-order valence-electron chi connectivity index (χ1n) is 11.7. The van der Waals surface area contributed by atoms with Crippen LogP contribution in [0.5, 0.6) is 0 Å². The van der Waals surface area contributed by atoms with E-state index in [9.17, 15) is 5.26 Å². The fourth-order valence-electron chi connectivity index (χ4n) is 3.92. The van der Waals surface area contributed by atoms with Crippen molar-refractivity contribution in [2.45, 2.75) is 33.2 Å². The highest BCUT2D eigenvalue weighted by atomic mass is 35.5. The molecule has 1 aliphatic heterocycles. The predicted octanol–water partition coefficient (Wildman–Crippen LogP) is 4.15. The van der Waals surface area contributed by atoms with E-state index in [0.29, 0.717) is 17.3 Å². The van der Waals surface area contributed by atoms with Crippen LogP contribution >= 0.6 is 11.6 Å². The second-order valence-corrected chi connectivity index (χ2v) is 9.01. The number of benzene rings is 1. The Balaban J connectivity index is 1.77. The van der Waals surface area contributed by atoms with Gasteiger partial charge >= 0.3 is 0 Å². The Morgan fingerprint density at radius 2 is 2.15 bits per heavy atom. The molecule has 0 aliphatic carbocycles. The Kier molecular flexibility index (Phi) is 8.97. The standard InChI is InChI=1S/C25H35ClN8/c1-6-21(19-13-18-9-10-28-25(18)20(14-19)16-27)30-24(32(3)4)17-29-23-15-22(26)31-34(23)12-8-11-33(5)7-2/h6,13-15,28-29H,7-12,17H2,1-5H3/b21-6-,30-24?. The Hall–Kier alpha value is -3.02. The normalized spacial score (nSPS) is 13.6. The fraction of sp³-hybridized carbons (Fsp3) is 0.480. The first-order chi connectivity index (χ1) is 16.4. The number of aromatic nitrogens is 2. The van der Waals surface area contributed by atoms with Gasteiger partial charge in [0.15, 0.2) is 5.15 Å². The summed E-state index contributed by atoms with van der Waals surface area (Å²) in [5.74, 6) is 1.73. The lowest BCUT2D eigenvalue weighted by atomic mass is 10.0. The summed E-state index contributed by atoms with van der Waals surface area (Å²) in [7, 11) is 6.07. The Morgan fingerprint density at radius 1 is 1.35 bits per heavy atom. The number of hydrogen-bond donors (Lipinski definition) is 2. The summed E-state index contributed by atoms with van der Waals surface area (Å²) in [6.07, 6.45) is 3.89. The van der Waals surface area contributed by atoms with Crippen molar-refractivity contribution in [3.8, 4) is 6.07 Å². The smallest absolute Gasteiger partial charge is 0.153 e. The fourth-order valence-corrected chi connectivity index (χ4v) is 4.11. The number of rotatable bonds is 10. The van der Waals surface area contributed by atoms with Gasteiger partial charge < -0.3 is 20.4 Å². The van der Waals surface area contributed by atoms with Crippen molar-refractivity contribution in [3.05, 3.63) is 46.1 Å². The van der Waals surface area contributed by atoms with Gasteiger partial charge in [0.2, 0.25) is 0 Å². The van der Waals surface area contributed by atoms with Gasteiger partial charge in [0.05, 0.1) is 23.5 Å². The van der Waals surface area contributed by atoms with Crippen LogP contribution in [-0.4, -0.2) is 72.7 Å². The summed E-state index contributed by atoms with van der Waals surface area (Å²) in [5, 5.41) is 21.3. The van der Waals surface area contributed by atoms with E-state index in [1.54, 1.807) is 0 Å². The minimum absolute atomic E-state index is 0.472. The Labute approximate surface area is 207 Å². The zero-order valence-corrected chi connectivity index (χ0v) is 21.6. The topological polar surface area (TPSA) is 84.5 Å². The van der Waals surface area contributed by atoms with Crippen molar-refractivity contribution in [2.75, 3.05) is 58.0 Å². The maximum absolute atomic E-state index is 9.61. The van der Waals surface area contributed by atoms with Gasteiger partial charge in [0.25, 0.3) is 0 Å². The molecule has 9 heteroatoms. The van der Waals surface area contributed by atoms with Crippen LogP contribution in [0.15, 0.2) is 29.3 Å². The molecule has 0 saturated carbocycles. The average Bonchev–Trinajstić information content (AvgIpc) is 3.44. The molecular formula is C25H35ClN8. The molecule has 0 radical (unpaired) electrons. The number of amidine groups is 1. The van der Waals surface area contributed by atoms with Crippen LogP contribution in [-0.2, 0) is 13.0 Å². The van der Waals surface area contributed by atoms with Crippen LogP contribution < -0.4 is 10.6 Å². The van der Waals surface area contributed by atoms with E-state index in [2.05, 4.69) is 46.7 Å². The van der Waals surface area contributed by atoms with Crippen LogP contribution in [0.2, 0.25) is 5.15 Å². The molecule has 182 valence electrons. The molecule has 2 aromatic rings. The number of nitriles is 1. The highest BCUT2D eigenvalue weighted by molar-refractivity contribution is 6.29. The third kappa shape index (κ3) is 6.31. The minimum Gasteiger partial charge on any atom is -0.383 e. The number of fused-ring (bicyclic) bond motifs is 1. The van der Waals surface area contributed by atoms with E-state index < -0.39 is 0 Å². The molecule has 1 aliphatic rings. The molecule has 0 unspecified atom stereocenters. The van der Waals surface area contributed by atoms with E-state index in [-0.39, 0.29) is 0 Å². The zero-order chi connectivity index (χ0) is 24.7. The second-order valence-electron chi connectivity index (χ2n) is 8.62. The molecule has 0 spiro atoms. The quantitative estimate of drug-likeness (QED) is 0.391. The average molecular weight is 483 g/mol. The summed E-state index contributed by atoms with van der Waals surface area (Å²) < 4.78 is 1.92. The van der Waals surface area contributed by atoms with Crippen molar-refractivity contribution in [1.82, 2.24) is 19.6 Å². The number of aliphatic imine (C=N–C) groups is 1. The van der Waals surface area contributed by atoms with Gasteiger partial charge in [-0.05, 0) is 57.6 Å². The third-order valence-corrected chi connectivity index (χ3v) is 6.18. The lowest BCUT2D eigenvalue weighted by Crippen LogP contribution is -2.30. The SMILES string of the molecule is C/C=C(\N=C(CNc1cc(Cl)nn1CCCN(C)CC)N(C)C)c1cc(C#N)c2c(c1)CCN2. The van der Waals surface area contributed by atoms with E-state index in [1.165, 1.54) is 5.56 Å². The number of hydrogen-bond acceptors (Lipinski definition) is 6. The van der Waals surface area contributed by atoms with Crippen molar-refractivity contribution >= 4 is 34.6 Å². The number of aryl methyl sites for hydroxylation is 1. The summed E-state index contributed by atoms with van der Waals surface area (Å²) >= 11 is 6.21. The molecule has 0 fully saturated rings. The Bertz CT molecular complexity index is 1090. The molecule has 1 aromatic heterocycles. The van der Waals surface area contributed by atoms with Crippen molar-refractivity contribution in [2.24, 2.45) is 4.99 Å². The van der Waals surface area contributed by atoms with E-state index in [1.807, 2.05) is 48.8 Å². The first kappa shape index (κ1) is 25.6. The van der Waals surface area contributed by atoms with Gasteiger partial charge in [-0.3, -0.25) is 0 Å². The van der Waals surface area contributed by atoms with Crippen molar-refractivity contribution < 1.29 is 0 Å². The maximum atomic E-state index is 9.61. The number of anilines is 2. The highest BCUT2D eigenvalue weighted by Crippen LogP contribution is 2.31. The first-order valence-corrected chi connectivity index (χ1v) is 12.1. The lowest BCUT2D eigenvalue weighted by Gasteiger charge is -2.19. The van der Waals surface area contributed by atoms with Crippen LogP contribution in [0, 0.1) is 11.3 Å². The molecule has 0 saturated heterocycles. The molecular weight excluding hydrogens is 448 g/mol. The summed E-state index contributed by atoms with van der Waals surface area (Å²) in [6.45, 7) is 8.31. The maximum Gasteiger partial charge on any atom is 0.153 e. The van der Waals surface area contributed by atoms with Crippen molar-refractivity contribution in [1.29, 1.82) is 5.26 Å². The zero-order valence-electron chi connectivity index (χ0n) is 20.8. The Morgan fingerprint density at radius 3 is 2.82 bits per heavy atom. The van der Waals surface area contributed by atoms with E-state index in [0.717, 1.165) is 67.6 Å². The lowest BCUT2D eigenvalue weighted by molar-refractivity contribution is 0.335. The summed E-state index contributed by atoms with van der Waals surface area (Å²) in [5.41, 5.74) is 4.58. The number of halogens is 1. The minimum atomic E-state index is 0.472. The van der Waals surface area contributed by atoms with Gasteiger partial charge in [-0.1, -0.05) is 24.6 Å². The van der Waals surface area contributed by atoms with Gasteiger partial charge in [0, 0.05) is 38.8 Å². The molecule has 2 N–H and O–H groups in total. The molecule has 1 aromatic carbocycles. The molecule has 0 atom stereocenters. The van der Waals surface area contributed by atoms with E-state index >= 15 is 0 Å². The van der Waals surface area contributed by atoms with Crippen LogP contribution in [0.4, 0.5) is 11.5 Å². The number of nitrogens with zero attached hydrogens (tertiary/aromatic N) is 6. The van der Waals surface area contributed by atoms with E-state index in [4.69, 9.17) is 16.6 Å². The highest BCUT2D eigenvalue weighted by Gasteiger charge is 2.17. The van der Waals surface area contributed by atoms with Gasteiger partial charge in [-0.15, -0.1) is 0 Å². The number of likely N-dealkylation sites (N-methyl/N-ethyl adjacent to an activating group) is 1. The molecule has 2 heterocycles. The van der Waals surface area contributed by atoms with Gasteiger partial charge in [-0.2, -0.15) is 10.4 Å². The molecule has 0 bridgehead atoms. The monoisotopic (exact) mass is 482 g/mol. The van der Waals surface area contributed by atoms with Gasteiger partial charge in [0.1, 0.15) is 17.7 Å².